The van der Waals surface area contributed by atoms with Crippen LogP contribution in [0.25, 0.3) is 0 Å². The molecule has 0 aliphatic rings. The van der Waals surface area contributed by atoms with E-state index in [2.05, 4.69) is 22.2 Å². The quantitative estimate of drug-likeness (QED) is 0.322. The molecule has 0 saturated heterocycles. The third kappa shape index (κ3) is 6.98. The Morgan fingerprint density at radius 1 is 0.955 bits per heavy atom. The van der Waals surface area contributed by atoms with Crippen molar-refractivity contribution in [2.75, 3.05) is 6.16 Å². The minimum absolute atomic E-state index is 0.638. The van der Waals surface area contributed by atoms with Crippen molar-refractivity contribution < 1.29 is 40.0 Å². The number of hydrogen-bond donors (Lipinski definition) is 0. The van der Waals surface area contributed by atoms with E-state index in [1.54, 1.807) is 0 Å². The van der Waals surface area contributed by atoms with E-state index in [1.807, 2.05) is 0 Å². The molecule has 0 fully saturated rings. The van der Waals surface area contributed by atoms with Gasteiger partial charge in [0.05, 0.1) is 0 Å². The van der Waals surface area contributed by atoms with Crippen LogP contribution in [-0.4, -0.2) is 30.7 Å². The van der Waals surface area contributed by atoms with Crippen molar-refractivity contribution in [1.82, 2.24) is 0 Å². The summed E-state index contributed by atoms with van der Waals surface area (Å²) in [4.78, 5) is 0. The Bertz CT molecular complexity index is 384. The molecule has 0 N–H and O–H groups in total. The molecule has 0 rings (SSSR count). The number of halogens is 6. The monoisotopic (exact) mass is 354 g/mol. The average molecular weight is 354 g/mol. The van der Waals surface area contributed by atoms with Gasteiger partial charge in [0.2, 0.25) is 0 Å². The van der Waals surface area contributed by atoms with Crippen LogP contribution < -0.4 is 0 Å². The van der Waals surface area contributed by atoms with Gasteiger partial charge >= 0.3 is 19.9 Å². The fraction of sp³-hybridized carbons (Fsp3) is 0.667. The molecule has 0 saturated carbocycles. The van der Waals surface area contributed by atoms with E-state index in [4.69, 9.17) is 0 Å². The molecule has 0 aliphatic heterocycles. The molecule has 0 bridgehead atoms. The van der Waals surface area contributed by atoms with Gasteiger partial charge in [0, 0.05) is 19.0 Å². The zero-order valence-electron chi connectivity index (χ0n) is 11.8. The Labute approximate surface area is 124 Å². The summed E-state index contributed by atoms with van der Waals surface area (Å²) in [6.07, 6.45) is -15.3. The van der Waals surface area contributed by atoms with Crippen molar-refractivity contribution in [2.24, 2.45) is 0 Å². The van der Waals surface area contributed by atoms with Crippen LogP contribution in [0.4, 0.5) is 26.3 Å². The maximum atomic E-state index is 12.7. The van der Waals surface area contributed by atoms with E-state index >= 15 is 0 Å². The molecule has 22 heavy (non-hydrogen) atoms. The van der Waals surface area contributed by atoms with Crippen LogP contribution in [0, 0.1) is 0 Å². The Balaban J connectivity index is 5.28. The number of alkyl halides is 6. The Kier molecular flexibility index (Phi) is 7.88. The molecule has 3 nitrogen and oxygen atoms in total. The minimum atomic E-state index is -4.91. The summed E-state index contributed by atoms with van der Waals surface area (Å²) >= 11 is 0. The van der Waals surface area contributed by atoms with E-state index in [0.717, 1.165) is 19.1 Å². The van der Waals surface area contributed by atoms with Crippen LogP contribution in [0.15, 0.2) is 25.3 Å². The van der Waals surface area contributed by atoms with Crippen LogP contribution in [0.3, 0.4) is 0 Å². The van der Waals surface area contributed by atoms with Crippen LogP contribution in [0.5, 0.6) is 0 Å². The lowest BCUT2D eigenvalue weighted by Gasteiger charge is -2.28. The number of hydrogen-bond acceptors (Lipinski definition) is 3. The normalized spacial score (nSPS) is 18.3. The lowest BCUT2D eigenvalue weighted by Crippen LogP contribution is -2.34. The molecule has 2 unspecified atom stereocenters. The van der Waals surface area contributed by atoms with Crippen molar-refractivity contribution in [3.05, 3.63) is 25.3 Å². The largest absolute Gasteiger partial charge is 0.415 e. The molecule has 0 radical (unpaired) electrons. The second-order valence-corrected chi connectivity index (χ2v) is 6.52. The van der Waals surface area contributed by atoms with E-state index in [-0.39, 0.29) is 0 Å². The molecule has 130 valence electrons. The summed E-state index contributed by atoms with van der Waals surface area (Å²) in [5, 5.41) is 0. The minimum Gasteiger partial charge on any atom is -0.295 e. The van der Waals surface area contributed by atoms with Crippen molar-refractivity contribution in [1.29, 1.82) is 0 Å². The van der Waals surface area contributed by atoms with E-state index in [0.29, 0.717) is 0 Å². The second-order valence-electron chi connectivity index (χ2n) is 4.25. The Morgan fingerprint density at radius 3 is 1.45 bits per heavy atom. The van der Waals surface area contributed by atoms with E-state index < -0.39 is 51.2 Å². The molecule has 0 aromatic rings. The first kappa shape index (κ1) is 21.2. The summed E-state index contributed by atoms with van der Waals surface area (Å²) in [7, 11) is -4.60. The first-order chi connectivity index (χ1) is 9.89. The predicted octanol–water partition coefficient (Wildman–Crippen LogP) is 5.25. The van der Waals surface area contributed by atoms with Gasteiger partial charge in [-0.1, -0.05) is 19.1 Å². The van der Waals surface area contributed by atoms with Gasteiger partial charge in [0.15, 0.2) is 12.2 Å². The average Bonchev–Trinajstić information content (AvgIpc) is 2.35. The van der Waals surface area contributed by atoms with Gasteiger partial charge in [-0.05, 0) is 0 Å². The highest BCUT2D eigenvalue weighted by atomic mass is 31.2. The fourth-order valence-corrected chi connectivity index (χ4v) is 2.87. The molecule has 10 heteroatoms. The first-order valence-electron chi connectivity index (χ1n) is 6.20. The van der Waals surface area contributed by atoms with Crippen molar-refractivity contribution in [3.63, 3.8) is 0 Å². The molecular weight excluding hydrogens is 337 g/mol. The lowest BCUT2D eigenvalue weighted by molar-refractivity contribution is -0.209. The molecular formula is C12H17F6O3P. The predicted molar refractivity (Wildman–Crippen MR) is 69.6 cm³/mol. The Hall–Kier alpha value is -0.790. The van der Waals surface area contributed by atoms with Crippen LogP contribution in [0.2, 0.25) is 0 Å². The van der Waals surface area contributed by atoms with Gasteiger partial charge in [0.1, 0.15) is 0 Å². The van der Waals surface area contributed by atoms with Crippen LogP contribution in [0.1, 0.15) is 19.8 Å². The molecule has 2 atom stereocenters. The maximum absolute atomic E-state index is 12.7. The van der Waals surface area contributed by atoms with Crippen LogP contribution >= 0.6 is 7.60 Å². The van der Waals surface area contributed by atoms with Crippen molar-refractivity contribution >= 4 is 7.60 Å². The summed E-state index contributed by atoms with van der Waals surface area (Å²) in [6, 6.07) is 0. The van der Waals surface area contributed by atoms with E-state index in [9.17, 15) is 30.9 Å². The lowest BCUT2D eigenvalue weighted by atomic mass is 10.2. The van der Waals surface area contributed by atoms with Gasteiger partial charge in [-0.15, -0.1) is 13.2 Å². The highest BCUT2D eigenvalue weighted by Gasteiger charge is 2.48. The second kappa shape index (κ2) is 8.17. The van der Waals surface area contributed by atoms with Gasteiger partial charge < -0.3 is 0 Å². The highest BCUT2D eigenvalue weighted by molar-refractivity contribution is 7.53. The first-order valence-corrected chi connectivity index (χ1v) is 7.93. The molecule has 0 aromatic carbocycles. The highest BCUT2D eigenvalue weighted by Crippen LogP contribution is 2.54. The fourth-order valence-electron chi connectivity index (χ4n) is 1.34. The van der Waals surface area contributed by atoms with Gasteiger partial charge in [-0.25, -0.2) is 0 Å². The van der Waals surface area contributed by atoms with Gasteiger partial charge in [-0.3, -0.25) is 13.6 Å². The molecule has 0 aromatic heterocycles. The third-order valence-electron chi connectivity index (χ3n) is 2.45. The summed E-state index contributed by atoms with van der Waals surface area (Å²) in [5.74, 6) is 0. The topological polar surface area (TPSA) is 35.5 Å². The standard InChI is InChI=1S/C12H17F6O3P/c1-4-7-9(11(13,14)15)20-22(19,6-3)21-10(8-5-2)12(16,17)18/h4-5,9-10H,1-2,6-8H2,3H3. The van der Waals surface area contributed by atoms with Crippen LogP contribution in [-0.2, 0) is 13.6 Å². The number of rotatable bonds is 9. The maximum Gasteiger partial charge on any atom is 0.415 e. The third-order valence-corrected chi connectivity index (χ3v) is 4.38. The molecule has 0 spiro atoms. The van der Waals surface area contributed by atoms with Crippen molar-refractivity contribution in [2.45, 2.75) is 44.3 Å². The summed E-state index contributed by atoms with van der Waals surface area (Å²) < 4.78 is 97.1. The smallest absolute Gasteiger partial charge is 0.295 e. The zero-order chi connectivity index (χ0) is 17.6. The molecule has 0 heterocycles. The molecule has 0 aliphatic carbocycles. The van der Waals surface area contributed by atoms with Gasteiger partial charge in [-0.2, -0.15) is 26.3 Å². The summed E-state index contributed by atoms with van der Waals surface area (Å²) in [6.45, 7) is 7.31. The summed E-state index contributed by atoms with van der Waals surface area (Å²) in [5.41, 5.74) is 0. The zero-order valence-corrected chi connectivity index (χ0v) is 12.7. The molecule has 0 amide bonds. The SMILES string of the molecule is C=CCC(OP(=O)(CC)OC(CC=C)C(F)(F)F)C(F)(F)F. The van der Waals surface area contributed by atoms with Crippen molar-refractivity contribution in [3.8, 4) is 0 Å². The van der Waals surface area contributed by atoms with E-state index in [1.165, 1.54) is 0 Å². The Morgan fingerprint density at radius 2 is 1.27 bits per heavy atom. The van der Waals surface area contributed by atoms with Gasteiger partial charge in [0.25, 0.3) is 0 Å².